The third-order valence-corrected chi connectivity index (χ3v) is 4.41. The van der Waals surface area contributed by atoms with Crippen LogP contribution in [0, 0.1) is 0 Å². The highest BCUT2D eigenvalue weighted by Gasteiger charge is 2.43. The molecular weight excluding hydrogens is 325 g/mol. The second-order valence-electron chi connectivity index (χ2n) is 5.14. The third kappa shape index (κ3) is 2.71. The molecule has 0 aliphatic carbocycles. The number of nitrogens with zero attached hydrogens (tertiary/aromatic N) is 1. The molecule has 1 aromatic carbocycles. The van der Waals surface area contributed by atoms with Crippen LogP contribution < -0.4 is 10.6 Å². The first-order valence-electron chi connectivity index (χ1n) is 6.45. The van der Waals surface area contributed by atoms with Crippen LogP contribution in [0.2, 0.25) is 10.0 Å². The smallest absolute Gasteiger partial charge is 0.167 e. The van der Waals surface area contributed by atoms with Crippen molar-refractivity contribution in [1.82, 2.24) is 15.6 Å². The number of thiocarbonyl (C=S) groups is 1. The van der Waals surface area contributed by atoms with Crippen molar-refractivity contribution in [2.75, 3.05) is 0 Å². The minimum absolute atomic E-state index is 0.0801. The van der Waals surface area contributed by atoms with Gasteiger partial charge in [-0.25, -0.2) is 0 Å². The van der Waals surface area contributed by atoms with Crippen LogP contribution in [0.3, 0.4) is 0 Å². The van der Waals surface area contributed by atoms with Gasteiger partial charge in [0.2, 0.25) is 0 Å². The Balaban J connectivity index is 2.04. The van der Waals surface area contributed by atoms with Gasteiger partial charge in [-0.15, -0.1) is 0 Å². The summed E-state index contributed by atoms with van der Waals surface area (Å²) >= 11 is 17.2. The van der Waals surface area contributed by atoms with E-state index >= 15 is 0 Å². The van der Waals surface area contributed by atoms with Gasteiger partial charge in [-0.2, -0.15) is 0 Å². The van der Waals surface area contributed by atoms with E-state index in [9.17, 15) is 0 Å². The summed E-state index contributed by atoms with van der Waals surface area (Å²) in [6.45, 7) is 2.09. The van der Waals surface area contributed by atoms with Crippen LogP contribution in [0.5, 0.6) is 0 Å². The number of hydrogen-bond donors (Lipinski definition) is 2. The van der Waals surface area contributed by atoms with Gasteiger partial charge in [-0.1, -0.05) is 35.3 Å². The van der Waals surface area contributed by atoms with E-state index in [0.717, 1.165) is 11.3 Å². The van der Waals surface area contributed by atoms with Gasteiger partial charge in [0.25, 0.3) is 0 Å². The molecule has 0 amide bonds. The molecule has 0 saturated carbocycles. The normalized spacial score (nSPS) is 24.5. The molecule has 3 nitrogen and oxygen atoms in total. The molecule has 2 heterocycles. The third-order valence-electron chi connectivity index (χ3n) is 3.72. The van der Waals surface area contributed by atoms with Crippen molar-refractivity contribution in [3.63, 3.8) is 0 Å². The molecule has 1 aliphatic heterocycles. The molecule has 2 atom stereocenters. The van der Waals surface area contributed by atoms with Crippen molar-refractivity contribution in [1.29, 1.82) is 0 Å². The van der Waals surface area contributed by atoms with E-state index in [2.05, 4.69) is 22.5 Å². The van der Waals surface area contributed by atoms with Gasteiger partial charge >= 0.3 is 0 Å². The van der Waals surface area contributed by atoms with Gasteiger partial charge in [0.15, 0.2) is 5.11 Å². The zero-order valence-corrected chi connectivity index (χ0v) is 13.6. The van der Waals surface area contributed by atoms with Crippen molar-refractivity contribution >= 4 is 40.5 Å². The molecule has 108 valence electrons. The average Bonchev–Trinajstić information content (AvgIpc) is 2.76. The summed E-state index contributed by atoms with van der Waals surface area (Å²) in [4.78, 5) is 4.41. The maximum atomic E-state index is 5.97. The number of aromatic nitrogens is 1. The Morgan fingerprint density at radius 1 is 1.10 bits per heavy atom. The Hall–Kier alpha value is -1.36. The summed E-state index contributed by atoms with van der Waals surface area (Å²) in [6, 6.07) is 11.4. The highest BCUT2D eigenvalue weighted by molar-refractivity contribution is 7.80. The Morgan fingerprint density at radius 3 is 2.38 bits per heavy atom. The number of pyridine rings is 1. The van der Waals surface area contributed by atoms with E-state index in [1.807, 2.05) is 36.4 Å². The predicted molar refractivity (Wildman–Crippen MR) is 89.7 cm³/mol. The van der Waals surface area contributed by atoms with Gasteiger partial charge in [0, 0.05) is 11.2 Å². The largest absolute Gasteiger partial charge is 0.352 e. The lowest BCUT2D eigenvalue weighted by Crippen LogP contribution is -2.39. The Bertz CT molecular complexity index is 672. The second-order valence-corrected chi connectivity index (χ2v) is 6.42. The highest BCUT2D eigenvalue weighted by Crippen LogP contribution is 2.38. The number of rotatable bonds is 2. The molecule has 2 N–H and O–H groups in total. The number of hydrogen-bond acceptors (Lipinski definition) is 2. The van der Waals surface area contributed by atoms with Gasteiger partial charge in [-0.3, -0.25) is 4.98 Å². The van der Waals surface area contributed by atoms with Gasteiger partial charge in [0.1, 0.15) is 0 Å². The summed E-state index contributed by atoms with van der Waals surface area (Å²) in [5.74, 6) is 0. The molecule has 0 unspecified atom stereocenters. The van der Waals surface area contributed by atoms with Crippen LogP contribution in [-0.2, 0) is 5.54 Å². The van der Waals surface area contributed by atoms with Crippen LogP contribution in [0.1, 0.15) is 24.2 Å². The first kappa shape index (κ1) is 14.6. The first-order chi connectivity index (χ1) is 9.99. The lowest BCUT2D eigenvalue weighted by molar-refractivity contribution is 0.372. The summed E-state index contributed by atoms with van der Waals surface area (Å²) in [6.07, 6.45) is 1.64. The lowest BCUT2D eigenvalue weighted by atomic mass is 9.84. The van der Waals surface area contributed by atoms with E-state index in [4.69, 9.17) is 35.4 Å². The van der Waals surface area contributed by atoms with Crippen LogP contribution in [0.25, 0.3) is 0 Å². The minimum Gasteiger partial charge on any atom is -0.352 e. The zero-order valence-electron chi connectivity index (χ0n) is 11.2. The molecule has 1 aromatic heterocycles. The average molecular weight is 338 g/mol. The number of nitrogens with one attached hydrogen (secondary N) is 2. The molecule has 21 heavy (non-hydrogen) atoms. The fraction of sp³-hybridized carbons (Fsp3) is 0.200. The van der Waals surface area contributed by atoms with Gasteiger partial charge < -0.3 is 10.6 Å². The molecule has 1 aliphatic rings. The topological polar surface area (TPSA) is 37.0 Å². The maximum Gasteiger partial charge on any atom is 0.167 e. The number of benzene rings is 1. The van der Waals surface area contributed by atoms with Crippen molar-refractivity contribution in [2.24, 2.45) is 0 Å². The van der Waals surface area contributed by atoms with E-state index in [1.54, 1.807) is 6.20 Å². The van der Waals surface area contributed by atoms with E-state index in [-0.39, 0.29) is 6.04 Å². The SMILES string of the molecule is C[C@@]1(c2ccc(Cl)cc2)NC(=S)N[C@@H]1c1ccc(Cl)cn1. The van der Waals surface area contributed by atoms with E-state index < -0.39 is 5.54 Å². The Kier molecular flexibility index (Phi) is 3.78. The van der Waals surface area contributed by atoms with Crippen LogP contribution in [-0.4, -0.2) is 10.1 Å². The summed E-state index contributed by atoms with van der Waals surface area (Å²) in [7, 11) is 0. The van der Waals surface area contributed by atoms with E-state index in [1.165, 1.54) is 0 Å². The molecule has 0 radical (unpaired) electrons. The van der Waals surface area contributed by atoms with Crippen molar-refractivity contribution < 1.29 is 0 Å². The Morgan fingerprint density at radius 2 is 1.76 bits per heavy atom. The molecule has 3 rings (SSSR count). The van der Waals surface area contributed by atoms with Crippen molar-refractivity contribution in [2.45, 2.75) is 18.5 Å². The number of halogens is 2. The molecule has 0 bridgehead atoms. The van der Waals surface area contributed by atoms with E-state index in [0.29, 0.717) is 15.2 Å². The molecule has 1 fully saturated rings. The Labute approximate surface area is 138 Å². The second kappa shape index (κ2) is 5.44. The van der Waals surface area contributed by atoms with Crippen molar-refractivity contribution in [3.05, 3.63) is 63.9 Å². The lowest BCUT2D eigenvalue weighted by Gasteiger charge is -2.30. The molecule has 2 aromatic rings. The van der Waals surface area contributed by atoms with Gasteiger partial charge in [0.05, 0.1) is 22.3 Å². The summed E-state index contributed by atoms with van der Waals surface area (Å²) < 4.78 is 0. The van der Waals surface area contributed by atoms with Crippen LogP contribution >= 0.6 is 35.4 Å². The monoisotopic (exact) mass is 337 g/mol. The zero-order chi connectivity index (χ0) is 15.0. The quantitative estimate of drug-likeness (QED) is 0.817. The summed E-state index contributed by atoms with van der Waals surface area (Å²) in [5.41, 5.74) is 1.56. The minimum atomic E-state index is -0.400. The highest BCUT2D eigenvalue weighted by atomic mass is 35.5. The molecule has 1 saturated heterocycles. The predicted octanol–water partition coefficient (Wildman–Crippen LogP) is 3.82. The van der Waals surface area contributed by atoms with Crippen LogP contribution in [0.4, 0.5) is 0 Å². The summed E-state index contributed by atoms with van der Waals surface area (Å²) in [5, 5.41) is 8.53. The molecular formula is C15H13Cl2N3S. The first-order valence-corrected chi connectivity index (χ1v) is 7.61. The fourth-order valence-electron chi connectivity index (χ4n) is 2.58. The van der Waals surface area contributed by atoms with Crippen LogP contribution in [0.15, 0.2) is 42.6 Å². The fourth-order valence-corrected chi connectivity index (χ4v) is 3.15. The maximum absolute atomic E-state index is 5.97. The molecule has 0 spiro atoms. The standard InChI is InChI=1S/C15H13Cl2N3S/c1-15(9-2-4-10(16)5-3-9)13(19-14(21)20-15)12-7-6-11(17)8-18-12/h2-8,13H,1H3,(H2,19,20,21)/t13-,15+/m1/s1. The van der Waals surface area contributed by atoms with Crippen molar-refractivity contribution in [3.8, 4) is 0 Å². The molecule has 6 heteroatoms. The van der Waals surface area contributed by atoms with Gasteiger partial charge in [-0.05, 0) is 49.0 Å².